The fourth-order valence-electron chi connectivity index (χ4n) is 2.83. The lowest BCUT2D eigenvalue weighted by molar-refractivity contribution is 0.101. The highest BCUT2D eigenvalue weighted by molar-refractivity contribution is 6.03. The van der Waals surface area contributed by atoms with E-state index in [0.717, 1.165) is 16.8 Å². The molecule has 2 aromatic carbocycles. The number of carbonyl (C=O) groups excluding carboxylic acids is 2. The minimum Gasteiger partial charge on any atom is -0.324 e. The summed E-state index contributed by atoms with van der Waals surface area (Å²) in [5, 5.41) is 5.96. The van der Waals surface area contributed by atoms with Crippen LogP contribution in [-0.4, -0.2) is 21.7 Å². The van der Waals surface area contributed by atoms with Crippen molar-refractivity contribution in [3.63, 3.8) is 0 Å². The summed E-state index contributed by atoms with van der Waals surface area (Å²) in [4.78, 5) is 32.9. The Morgan fingerprint density at radius 1 is 0.929 bits per heavy atom. The quantitative estimate of drug-likeness (QED) is 0.638. The Kier molecular flexibility index (Phi) is 5.49. The number of ketones is 1. The van der Waals surface area contributed by atoms with E-state index in [1.807, 2.05) is 38.1 Å². The zero-order chi connectivity index (χ0) is 20.3. The number of hydrogen-bond donors (Lipinski definition) is 2. The summed E-state index contributed by atoms with van der Waals surface area (Å²) in [6.45, 7) is 7.26. The van der Waals surface area contributed by atoms with Crippen LogP contribution >= 0.6 is 0 Å². The first-order chi connectivity index (χ1) is 13.3. The van der Waals surface area contributed by atoms with Crippen molar-refractivity contribution >= 4 is 29.0 Å². The van der Waals surface area contributed by atoms with E-state index in [2.05, 4.69) is 20.6 Å². The van der Waals surface area contributed by atoms with Crippen LogP contribution in [0.3, 0.4) is 0 Å². The van der Waals surface area contributed by atoms with Gasteiger partial charge in [-0.1, -0.05) is 29.8 Å². The van der Waals surface area contributed by atoms with Gasteiger partial charge in [0.2, 0.25) is 5.95 Å². The van der Waals surface area contributed by atoms with Gasteiger partial charge in [-0.25, -0.2) is 9.97 Å². The second-order valence-electron chi connectivity index (χ2n) is 6.75. The Morgan fingerprint density at radius 2 is 1.71 bits per heavy atom. The van der Waals surface area contributed by atoms with Gasteiger partial charge < -0.3 is 10.6 Å². The van der Waals surface area contributed by atoms with Crippen molar-refractivity contribution in [2.24, 2.45) is 0 Å². The van der Waals surface area contributed by atoms with Crippen LogP contribution < -0.4 is 10.6 Å². The van der Waals surface area contributed by atoms with Crippen molar-refractivity contribution in [2.75, 3.05) is 10.6 Å². The van der Waals surface area contributed by atoms with Crippen molar-refractivity contribution < 1.29 is 9.59 Å². The van der Waals surface area contributed by atoms with Crippen LogP contribution in [0, 0.1) is 20.8 Å². The van der Waals surface area contributed by atoms with Gasteiger partial charge in [-0.2, -0.15) is 0 Å². The summed E-state index contributed by atoms with van der Waals surface area (Å²) in [7, 11) is 0. The first kappa shape index (κ1) is 19.2. The molecule has 0 bridgehead atoms. The SMILES string of the molecule is CC(=O)c1cccc(Nc2nc(C)cc(C(=O)Nc3ccc(C)cc3C)n2)c1. The third-order valence-corrected chi connectivity index (χ3v) is 4.24. The molecule has 0 aliphatic carbocycles. The molecule has 1 aromatic heterocycles. The number of carbonyl (C=O) groups is 2. The Hall–Kier alpha value is -3.54. The van der Waals surface area contributed by atoms with Crippen molar-refractivity contribution in [1.82, 2.24) is 9.97 Å². The minimum atomic E-state index is -0.307. The topological polar surface area (TPSA) is 84.0 Å². The van der Waals surface area contributed by atoms with Gasteiger partial charge in [0, 0.05) is 22.6 Å². The molecular formula is C22H22N4O2. The van der Waals surface area contributed by atoms with Crippen LogP contribution in [0.2, 0.25) is 0 Å². The second-order valence-corrected chi connectivity index (χ2v) is 6.75. The molecule has 0 fully saturated rings. The van der Waals surface area contributed by atoms with E-state index in [1.54, 1.807) is 31.2 Å². The standard InChI is InChI=1S/C22H22N4O2/c1-13-8-9-19(14(2)10-13)25-21(28)20-11-15(3)23-22(26-20)24-18-7-5-6-17(12-18)16(4)27/h5-12H,1-4H3,(H,25,28)(H,23,24,26). The molecular weight excluding hydrogens is 352 g/mol. The van der Waals surface area contributed by atoms with Crippen molar-refractivity contribution in [2.45, 2.75) is 27.7 Å². The third kappa shape index (κ3) is 4.59. The van der Waals surface area contributed by atoms with Crippen LogP contribution in [0.15, 0.2) is 48.5 Å². The number of amides is 1. The first-order valence-corrected chi connectivity index (χ1v) is 8.94. The molecule has 2 N–H and O–H groups in total. The van der Waals surface area contributed by atoms with Gasteiger partial charge in [0.15, 0.2) is 5.78 Å². The monoisotopic (exact) mass is 374 g/mol. The molecule has 1 amide bonds. The predicted octanol–water partition coefficient (Wildman–Crippen LogP) is 4.60. The van der Waals surface area contributed by atoms with Gasteiger partial charge in [-0.05, 0) is 57.5 Å². The zero-order valence-electron chi connectivity index (χ0n) is 16.3. The molecule has 3 rings (SSSR count). The number of aromatic nitrogens is 2. The third-order valence-electron chi connectivity index (χ3n) is 4.24. The van der Waals surface area contributed by atoms with E-state index in [0.29, 0.717) is 22.9 Å². The molecule has 0 unspecified atom stereocenters. The highest BCUT2D eigenvalue weighted by atomic mass is 16.2. The summed E-state index contributed by atoms with van der Waals surface area (Å²) < 4.78 is 0. The highest BCUT2D eigenvalue weighted by Crippen LogP contribution is 2.19. The minimum absolute atomic E-state index is 0.0256. The summed E-state index contributed by atoms with van der Waals surface area (Å²) >= 11 is 0. The fraction of sp³-hybridized carbons (Fsp3) is 0.182. The maximum Gasteiger partial charge on any atom is 0.274 e. The van der Waals surface area contributed by atoms with Gasteiger partial charge in [0.25, 0.3) is 5.91 Å². The van der Waals surface area contributed by atoms with Crippen LogP contribution in [0.4, 0.5) is 17.3 Å². The first-order valence-electron chi connectivity index (χ1n) is 8.94. The van der Waals surface area contributed by atoms with Crippen LogP contribution in [0.5, 0.6) is 0 Å². The fourth-order valence-corrected chi connectivity index (χ4v) is 2.83. The summed E-state index contributed by atoms with van der Waals surface area (Å²) in [5.74, 6) is -0.0354. The highest BCUT2D eigenvalue weighted by Gasteiger charge is 2.13. The van der Waals surface area contributed by atoms with Crippen molar-refractivity contribution in [3.8, 4) is 0 Å². The number of Topliss-reactive ketones (excluding diaryl/α,β-unsaturated/α-hetero) is 1. The van der Waals surface area contributed by atoms with Crippen molar-refractivity contribution in [3.05, 3.63) is 76.6 Å². The molecule has 28 heavy (non-hydrogen) atoms. The van der Waals surface area contributed by atoms with Gasteiger partial charge in [0.05, 0.1) is 0 Å². The number of benzene rings is 2. The number of aryl methyl sites for hydroxylation is 3. The van der Waals surface area contributed by atoms with Gasteiger partial charge >= 0.3 is 0 Å². The van der Waals surface area contributed by atoms with Crippen LogP contribution in [-0.2, 0) is 0 Å². The predicted molar refractivity (Wildman–Crippen MR) is 110 cm³/mol. The maximum absolute atomic E-state index is 12.7. The Labute approximate surface area is 164 Å². The van der Waals surface area contributed by atoms with Gasteiger partial charge in [0.1, 0.15) is 5.69 Å². The second kappa shape index (κ2) is 8.00. The van der Waals surface area contributed by atoms with E-state index < -0.39 is 0 Å². The Morgan fingerprint density at radius 3 is 2.43 bits per heavy atom. The number of nitrogens with zero attached hydrogens (tertiary/aromatic N) is 2. The van der Waals surface area contributed by atoms with Gasteiger partial charge in [-0.3, -0.25) is 9.59 Å². The molecule has 0 aliphatic heterocycles. The molecule has 0 saturated carbocycles. The normalized spacial score (nSPS) is 10.4. The number of hydrogen-bond acceptors (Lipinski definition) is 5. The molecule has 6 heteroatoms. The molecule has 142 valence electrons. The Bertz CT molecular complexity index is 1060. The smallest absolute Gasteiger partial charge is 0.274 e. The largest absolute Gasteiger partial charge is 0.324 e. The average Bonchev–Trinajstić information content (AvgIpc) is 2.63. The average molecular weight is 374 g/mol. The maximum atomic E-state index is 12.7. The van der Waals surface area contributed by atoms with Gasteiger partial charge in [-0.15, -0.1) is 0 Å². The molecule has 0 atom stereocenters. The summed E-state index contributed by atoms with van der Waals surface area (Å²) in [5.41, 5.74) is 5.05. The van der Waals surface area contributed by atoms with E-state index in [9.17, 15) is 9.59 Å². The van der Waals surface area contributed by atoms with E-state index >= 15 is 0 Å². The van der Waals surface area contributed by atoms with Crippen LogP contribution in [0.25, 0.3) is 0 Å². The van der Waals surface area contributed by atoms with Crippen LogP contribution in [0.1, 0.15) is 44.6 Å². The molecule has 3 aromatic rings. The lowest BCUT2D eigenvalue weighted by Crippen LogP contribution is -2.16. The number of anilines is 3. The molecule has 0 radical (unpaired) electrons. The van der Waals surface area contributed by atoms with E-state index in [4.69, 9.17) is 0 Å². The molecule has 1 heterocycles. The lowest BCUT2D eigenvalue weighted by Gasteiger charge is -2.11. The summed E-state index contributed by atoms with van der Waals surface area (Å²) in [6, 6.07) is 14.5. The molecule has 6 nitrogen and oxygen atoms in total. The molecule has 0 aliphatic rings. The zero-order valence-corrected chi connectivity index (χ0v) is 16.3. The molecule has 0 saturated heterocycles. The van der Waals surface area contributed by atoms with E-state index in [-0.39, 0.29) is 17.4 Å². The summed E-state index contributed by atoms with van der Waals surface area (Å²) in [6.07, 6.45) is 0. The van der Waals surface area contributed by atoms with Crippen molar-refractivity contribution in [1.29, 1.82) is 0 Å². The Balaban J connectivity index is 1.83. The number of nitrogens with one attached hydrogen (secondary N) is 2. The van der Waals surface area contributed by atoms with E-state index in [1.165, 1.54) is 6.92 Å². The molecule has 0 spiro atoms. The number of rotatable bonds is 5. The lowest BCUT2D eigenvalue weighted by atomic mass is 10.1.